The predicted octanol–water partition coefficient (Wildman–Crippen LogP) is 2.85. The molecule has 0 bridgehead atoms. The predicted molar refractivity (Wildman–Crippen MR) is 47.0 cm³/mol. The molecule has 1 aromatic rings. The molecule has 0 aliphatic carbocycles. The maximum Gasteiger partial charge on any atom is 0.257 e. The molecule has 0 aliphatic rings. The van der Waals surface area contributed by atoms with Crippen molar-refractivity contribution in [1.29, 1.82) is 0 Å². The number of rotatable bonds is 2. The summed E-state index contributed by atoms with van der Waals surface area (Å²) in [5.74, 6) is -0.575. The molecule has 0 aromatic heterocycles. The highest BCUT2D eigenvalue weighted by Gasteiger charge is 2.20. The van der Waals surface area contributed by atoms with E-state index in [2.05, 4.69) is 15.9 Å². The lowest BCUT2D eigenvalue weighted by molar-refractivity contribution is 0.116. The normalized spacial score (nSPS) is 13.4. The van der Waals surface area contributed by atoms with Crippen molar-refractivity contribution in [3.63, 3.8) is 0 Å². The number of hydrogen-bond donors (Lipinski definition) is 1. The minimum atomic E-state index is -2.70. The van der Waals surface area contributed by atoms with Gasteiger partial charge in [0.15, 0.2) is 0 Å². The summed E-state index contributed by atoms with van der Waals surface area (Å²) in [5.41, 5.74) is 5.24. The fourth-order valence-corrected chi connectivity index (χ4v) is 1.42. The molecule has 0 radical (unpaired) electrons. The van der Waals surface area contributed by atoms with E-state index in [1.54, 1.807) is 0 Å². The van der Waals surface area contributed by atoms with Gasteiger partial charge in [-0.05, 0) is 23.8 Å². The van der Waals surface area contributed by atoms with Gasteiger partial charge in [0.1, 0.15) is 5.82 Å². The van der Waals surface area contributed by atoms with Gasteiger partial charge in [-0.25, -0.2) is 13.2 Å². The fourth-order valence-electron chi connectivity index (χ4n) is 0.906. The summed E-state index contributed by atoms with van der Waals surface area (Å²) in [6.07, 6.45) is -2.70. The Kier molecular flexibility index (Phi) is 3.33. The van der Waals surface area contributed by atoms with Crippen molar-refractivity contribution in [3.8, 4) is 0 Å². The second-order valence-corrected chi connectivity index (χ2v) is 3.38. The number of nitrogens with two attached hydrogens (primary N) is 1. The van der Waals surface area contributed by atoms with Crippen LogP contribution in [0.3, 0.4) is 0 Å². The van der Waals surface area contributed by atoms with Crippen LogP contribution in [-0.4, -0.2) is 6.43 Å². The van der Waals surface area contributed by atoms with Gasteiger partial charge in [-0.15, -0.1) is 0 Å². The topological polar surface area (TPSA) is 26.0 Å². The first-order valence-corrected chi connectivity index (χ1v) is 4.30. The Morgan fingerprint density at radius 1 is 1.31 bits per heavy atom. The van der Waals surface area contributed by atoms with Crippen molar-refractivity contribution < 1.29 is 13.2 Å². The Labute approximate surface area is 81.9 Å². The average Bonchev–Trinajstić information content (AvgIpc) is 2.08. The third kappa shape index (κ3) is 2.45. The smallest absolute Gasteiger partial charge is 0.257 e. The van der Waals surface area contributed by atoms with Crippen LogP contribution in [0, 0.1) is 5.82 Å². The lowest BCUT2D eigenvalue weighted by Gasteiger charge is -2.12. The molecule has 0 amide bonds. The van der Waals surface area contributed by atoms with E-state index in [0.29, 0.717) is 4.47 Å². The van der Waals surface area contributed by atoms with Gasteiger partial charge in [-0.1, -0.05) is 15.9 Å². The first-order valence-electron chi connectivity index (χ1n) is 3.51. The van der Waals surface area contributed by atoms with Crippen LogP contribution in [0.5, 0.6) is 0 Å². The van der Waals surface area contributed by atoms with Crippen LogP contribution in [0.4, 0.5) is 13.2 Å². The van der Waals surface area contributed by atoms with E-state index in [1.165, 1.54) is 12.1 Å². The quantitative estimate of drug-likeness (QED) is 0.862. The highest BCUT2D eigenvalue weighted by molar-refractivity contribution is 9.10. The van der Waals surface area contributed by atoms with Crippen LogP contribution in [0.25, 0.3) is 0 Å². The van der Waals surface area contributed by atoms with Crippen LogP contribution in [0.1, 0.15) is 11.6 Å². The maximum absolute atomic E-state index is 12.6. The van der Waals surface area contributed by atoms with E-state index in [-0.39, 0.29) is 5.56 Å². The van der Waals surface area contributed by atoms with E-state index in [9.17, 15) is 13.2 Å². The maximum atomic E-state index is 12.6. The molecule has 0 saturated carbocycles. The lowest BCUT2D eigenvalue weighted by Crippen LogP contribution is -2.19. The molecule has 5 heteroatoms. The molecule has 1 aromatic carbocycles. The minimum absolute atomic E-state index is 0.0787. The number of alkyl halides is 2. The molecule has 0 aliphatic heterocycles. The van der Waals surface area contributed by atoms with Gasteiger partial charge in [-0.3, -0.25) is 0 Å². The van der Waals surface area contributed by atoms with Crippen LogP contribution in [-0.2, 0) is 0 Å². The summed E-state index contributed by atoms with van der Waals surface area (Å²) in [6, 6.07) is 2.07. The first kappa shape index (κ1) is 10.5. The van der Waals surface area contributed by atoms with E-state index >= 15 is 0 Å². The van der Waals surface area contributed by atoms with Crippen LogP contribution in [0.15, 0.2) is 22.7 Å². The summed E-state index contributed by atoms with van der Waals surface area (Å²) in [6.45, 7) is 0. The summed E-state index contributed by atoms with van der Waals surface area (Å²) < 4.78 is 37.4. The number of benzene rings is 1. The van der Waals surface area contributed by atoms with Crippen molar-refractivity contribution in [2.45, 2.75) is 12.5 Å². The lowest BCUT2D eigenvalue weighted by atomic mass is 10.1. The molecular formula is C8H7BrF3N. The first-order chi connectivity index (χ1) is 6.02. The van der Waals surface area contributed by atoms with E-state index < -0.39 is 18.3 Å². The zero-order valence-corrected chi connectivity index (χ0v) is 8.06. The van der Waals surface area contributed by atoms with Crippen molar-refractivity contribution in [2.24, 2.45) is 5.73 Å². The van der Waals surface area contributed by atoms with Gasteiger partial charge in [0, 0.05) is 4.47 Å². The number of hydrogen-bond acceptors (Lipinski definition) is 1. The van der Waals surface area contributed by atoms with Crippen molar-refractivity contribution in [1.82, 2.24) is 0 Å². The Hall–Kier alpha value is -0.550. The number of halogens is 4. The zero-order chi connectivity index (χ0) is 10.0. The Bertz CT molecular complexity index is 303. The average molecular weight is 254 g/mol. The zero-order valence-electron chi connectivity index (χ0n) is 6.48. The molecular weight excluding hydrogens is 247 g/mol. The Balaban J connectivity index is 3.05. The molecule has 72 valence electrons. The minimum Gasteiger partial charge on any atom is -0.319 e. The van der Waals surface area contributed by atoms with Crippen LogP contribution in [0.2, 0.25) is 0 Å². The van der Waals surface area contributed by atoms with Gasteiger partial charge in [0.2, 0.25) is 0 Å². The molecule has 1 atom stereocenters. The highest BCUT2D eigenvalue weighted by Crippen LogP contribution is 2.26. The van der Waals surface area contributed by atoms with E-state index in [0.717, 1.165) is 6.07 Å². The summed E-state index contributed by atoms with van der Waals surface area (Å²) in [5, 5.41) is 0. The van der Waals surface area contributed by atoms with Crippen molar-refractivity contribution in [3.05, 3.63) is 34.1 Å². The van der Waals surface area contributed by atoms with Gasteiger partial charge in [0.05, 0.1) is 6.04 Å². The Morgan fingerprint density at radius 2 is 1.92 bits per heavy atom. The molecule has 0 unspecified atom stereocenters. The van der Waals surface area contributed by atoms with Crippen LogP contribution < -0.4 is 5.73 Å². The summed E-state index contributed by atoms with van der Waals surface area (Å²) >= 11 is 3.02. The van der Waals surface area contributed by atoms with Gasteiger partial charge in [0.25, 0.3) is 6.43 Å². The largest absolute Gasteiger partial charge is 0.319 e. The third-order valence-corrected chi connectivity index (χ3v) is 2.31. The second kappa shape index (κ2) is 4.11. The molecule has 0 fully saturated rings. The van der Waals surface area contributed by atoms with E-state index in [4.69, 9.17) is 5.73 Å². The Morgan fingerprint density at radius 3 is 2.46 bits per heavy atom. The molecule has 1 nitrogen and oxygen atoms in total. The standard InChI is InChI=1S/C8H7BrF3N/c9-6-2-1-4(10)3-5(6)7(13)8(11)12/h1-3,7-8H,13H2/t7-/m0/s1. The molecule has 0 spiro atoms. The van der Waals surface area contributed by atoms with Crippen molar-refractivity contribution >= 4 is 15.9 Å². The summed E-state index contributed by atoms with van der Waals surface area (Å²) in [4.78, 5) is 0. The van der Waals surface area contributed by atoms with Gasteiger partial charge >= 0.3 is 0 Å². The molecule has 2 N–H and O–H groups in total. The highest BCUT2D eigenvalue weighted by atomic mass is 79.9. The van der Waals surface area contributed by atoms with E-state index in [1.807, 2.05) is 0 Å². The second-order valence-electron chi connectivity index (χ2n) is 2.53. The fraction of sp³-hybridized carbons (Fsp3) is 0.250. The molecule has 13 heavy (non-hydrogen) atoms. The monoisotopic (exact) mass is 253 g/mol. The van der Waals surface area contributed by atoms with Crippen molar-refractivity contribution in [2.75, 3.05) is 0 Å². The SMILES string of the molecule is N[C@@H](c1cc(F)ccc1Br)C(F)F. The molecule has 0 heterocycles. The van der Waals surface area contributed by atoms with Gasteiger partial charge in [-0.2, -0.15) is 0 Å². The third-order valence-electron chi connectivity index (χ3n) is 1.59. The van der Waals surface area contributed by atoms with Crippen LogP contribution >= 0.6 is 15.9 Å². The summed E-state index contributed by atoms with van der Waals surface area (Å²) in [7, 11) is 0. The van der Waals surface area contributed by atoms with Gasteiger partial charge < -0.3 is 5.73 Å². The molecule has 0 saturated heterocycles. The molecule has 1 rings (SSSR count).